The van der Waals surface area contributed by atoms with E-state index in [4.69, 9.17) is 4.42 Å². The molecule has 0 spiro atoms. The van der Waals surface area contributed by atoms with Crippen LogP contribution in [0.1, 0.15) is 56.9 Å². The molecule has 0 amide bonds. The van der Waals surface area contributed by atoms with Gasteiger partial charge in [0.1, 0.15) is 11.3 Å². The maximum atomic E-state index is 5.99. The minimum atomic E-state index is 0.608. The van der Waals surface area contributed by atoms with Crippen LogP contribution in [0, 0.1) is 12.8 Å². The average Bonchev–Trinajstić information content (AvgIpc) is 2.74. The molecule has 0 bridgehead atoms. The van der Waals surface area contributed by atoms with E-state index in [2.05, 4.69) is 58.1 Å². The van der Waals surface area contributed by atoms with Crippen molar-refractivity contribution in [3.8, 4) is 0 Å². The molecule has 0 saturated carbocycles. The second-order valence-electron chi connectivity index (χ2n) is 6.24. The standard InChI is InChI=1S/C18H27NO/c1-6-13(4)15-7-8-17-16(9-15)14(5)18(20-17)11-19-10-12(2)3/h7-9,12-13,19H,6,10-11H2,1-5H3. The van der Waals surface area contributed by atoms with Crippen LogP contribution in [0.5, 0.6) is 0 Å². The summed E-state index contributed by atoms with van der Waals surface area (Å²) >= 11 is 0. The zero-order chi connectivity index (χ0) is 14.7. The average molecular weight is 273 g/mol. The highest BCUT2D eigenvalue weighted by Crippen LogP contribution is 2.29. The van der Waals surface area contributed by atoms with Crippen molar-refractivity contribution in [2.45, 2.75) is 53.5 Å². The van der Waals surface area contributed by atoms with Gasteiger partial charge in [-0.05, 0) is 55.0 Å². The molecule has 2 aromatic rings. The van der Waals surface area contributed by atoms with Crippen LogP contribution in [0.25, 0.3) is 11.0 Å². The minimum Gasteiger partial charge on any atom is -0.459 e. The highest BCUT2D eigenvalue weighted by Gasteiger charge is 2.12. The third-order valence-electron chi connectivity index (χ3n) is 4.08. The third-order valence-corrected chi connectivity index (χ3v) is 4.08. The molecule has 1 aromatic carbocycles. The van der Waals surface area contributed by atoms with E-state index in [1.165, 1.54) is 22.9 Å². The largest absolute Gasteiger partial charge is 0.459 e. The maximum Gasteiger partial charge on any atom is 0.134 e. The van der Waals surface area contributed by atoms with E-state index in [0.29, 0.717) is 11.8 Å². The van der Waals surface area contributed by atoms with Gasteiger partial charge in [-0.1, -0.05) is 33.8 Å². The zero-order valence-corrected chi connectivity index (χ0v) is 13.4. The number of nitrogens with one attached hydrogen (secondary N) is 1. The molecule has 0 aliphatic carbocycles. The molecular formula is C18H27NO. The summed E-state index contributed by atoms with van der Waals surface area (Å²) in [6.45, 7) is 13.0. The molecule has 0 fully saturated rings. The van der Waals surface area contributed by atoms with Gasteiger partial charge in [-0.15, -0.1) is 0 Å². The topological polar surface area (TPSA) is 25.2 Å². The van der Waals surface area contributed by atoms with E-state index >= 15 is 0 Å². The van der Waals surface area contributed by atoms with E-state index in [9.17, 15) is 0 Å². The molecule has 0 radical (unpaired) electrons. The molecule has 0 aliphatic heterocycles. The Morgan fingerprint density at radius 3 is 2.60 bits per heavy atom. The van der Waals surface area contributed by atoms with Crippen LogP contribution in [0.15, 0.2) is 22.6 Å². The van der Waals surface area contributed by atoms with Gasteiger partial charge in [0.05, 0.1) is 6.54 Å². The van der Waals surface area contributed by atoms with Crippen LogP contribution in [0.2, 0.25) is 0 Å². The van der Waals surface area contributed by atoms with Crippen molar-refractivity contribution in [2.24, 2.45) is 5.92 Å². The Morgan fingerprint density at radius 1 is 1.20 bits per heavy atom. The first-order valence-corrected chi connectivity index (χ1v) is 7.75. The Balaban J connectivity index is 2.23. The molecule has 2 rings (SSSR count). The lowest BCUT2D eigenvalue weighted by molar-refractivity contribution is 0.482. The van der Waals surface area contributed by atoms with Gasteiger partial charge < -0.3 is 9.73 Å². The number of hydrogen-bond donors (Lipinski definition) is 1. The Hall–Kier alpha value is -1.28. The van der Waals surface area contributed by atoms with Crippen molar-refractivity contribution in [1.82, 2.24) is 5.32 Å². The predicted molar refractivity (Wildman–Crippen MR) is 86.2 cm³/mol. The number of benzene rings is 1. The lowest BCUT2D eigenvalue weighted by Gasteiger charge is -2.08. The zero-order valence-electron chi connectivity index (χ0n) is 13.4. The SMILES string of the molecule is CCC(C)c1ccc2oc(CNCC(C)C)c(C)c2c1. The summed E-state index contributed by atoms with van der Waals surface area (Å²) in [7, 11) is 0. The van der Waals surface area contributed by atoms with Gasteiger partial charge in [0, 0.05) is 5.39 Å². The second-order valence-corrected chi connectivity index (χ2v) is 6.24. The Bertz CT molecular complexity index is 568. The number of fused-ring (bicyclic) bond motifs is 1. The fourth-order valence-corrected chi connectivity index (χ4v) is 2.47. The van der Waals surface area contributed by atoms with E-state index in [1.54, 1.807) is 0 Å². The van der Waals surface area contributed by atoms with Crippen molar-refractivity contribution in [3.63, 3.8) is 0 Å². The lowest BCUT2D eigenvalue weighted by Crippen LogP contribution is -2.18. The van der Waals surface area contributed by atoms with Crippen molar-refractivity contribution in [2.75, 3.05) is 6.54 Å². The second kappa shape index (κ2) is 6.45. The van der Waals surface area contributed by atoms with Crippen LogP contribution in [0.4, 0.5) is 0 Å². The van der Waals surface area contributed by atoms with E-state index in [-0.39, 0.29) is 0 Å². The molecule has 1 atom stereocenters. The normalized spacial score (nSPS) is 13.3. The van der Waals surface area contributed by atoms with Gasteiger partial charge >= 0.3 is 0 Å². The molecule has 0 saturated heterocycles. The highest BCUT2D eigenvalue weighted by molar-refractivity contribution is 5.82. The van der Waals surface area contributed by atoms with Gasteiger partial charge in [0.25, 0.3) is 0 Å². The summed E-state index contributed by atoms with van der Waals surface area (Å²) in [5, 5.41) is 4.73. The maximum absolute atomic E-state index is 5.99. The van der Waals surface area contributed by atoms with Crippen LogP contribution >= 0.6 is 0 Å². The van der Waals surface area contributed by atoms with E-state index in [1.807, 2.05) is 0 Å². The molecule has 1 N–H and O–H groups in total. The third kappa shape index (κ3) is 3.24. The van der Waals surface area contributed by atoms with Crippen LogP contribution in [0.3, 0.4) is 0 Å². The molecule has 2 heteroatoms. The first-order valence-electron chi connectivity index (χ1n) is 7.75. The van der Waals surface area contributed by atoms with E-state index in [0.717, 1.165) is 24.4 Å². The summed E-state index contributed by atoms with van der Waals surface area (Å²) in [4.78, 5) is 0. The number of aryl methyl sites for hydroxylation is 1. The predicted octanol–water partition coefficient (Wildman–Crippen LogP) is 5.00. The number of furan rings is 1. The fraction of sp³-hybridized carbons (Fsp3) is 0.556. The molecular weight excluding hydrogens is 246 g/mol. The monoisotopic (exact) mass is 273 g/mol. The molecule has 1 unspecified atom stereocenters. The summed E-state index contributed by atoms with van der Waals surface area (Å²) < 4.78 is 5.99. The van der Waals surface area contributed by atoms with Crippen LogP contribution < -0.4 is 5.32 Å². The molecule has 2 nitrogen and oxygen atoms in total. The smallest absolute Gasteiger partial charge is 0.134 e. The molecule has 110 valence electrons. The highest BCUT2D eigenvalue weighted by atomic mass is 16.3. The Kier molecular flexibility index (Phi) is 4.87. The first-order chi connectivity index (χ1) is 9.52. The summed E-state index contributed by atoms with van der Waals surface area (Å²) in [5.74, 6) is 2.34. The van der Waals surface area contributed by atoms with Crippen molar-refractivity contribution >= 4 is 11.0 Å². The van der Waals surface area contributed by atoms with Gasteiger partial charge in [0.2, 0.25) is 0 Å². The van der Waals surface area contributed by atoms with Gasteiger partial charge in [-0.3, -0.25) is 0 Å². The summed E-state index contributed by atoms with van der Waals surface area (Å²) in [6.07, 6.45) is 1.17. The summed E-state index contributed by atoms with van der Waals surface area (Å²) in [5.41, 5.74) is 3.70. The van der Waals surface area contributed by atoms with Crippen LogP contribution in [-0.4, -0.2) is 6.54 Å². The fourth-order valence-electron chi connectivity index (χ4n) is 2.47. The lowest BCUT2D eigenvalue weighted by atomic mass is 9.97. The Morgan fingerprint density at radius 2 is 1.95 bits per heavy atom. The number of hydrogen-bond acceptors (Lipinski definition) is 2. The summed E-state index contributed by atoms with van der Waals surface area (Å²) in [6, 6.07) is 6.62. The van der Waals surface area contributed by atoms with Crippen molar-refractivity contribution < 1.29 is 4.42 Å². The molecule has 1 heterocycles. The Labute approximate surface area is 122 Å². The van der Waals surface area contributed by atoms with Crippen molar-refractivity contribution in [3.05, 3.63) is 35.1 Å². The minimum absolute atomic E-state index is 0.608. The quantitative estimate of drug-likeness (QED) is 0.801. The molecule has 1 aromatic heterocycles. The first kappa shape index (κ1) is 15.1. The van der Waals surface area contributed by atoms with Gasteiger partial charge in [-0.2, -0.15) is 0 Å². The molecule has 20 heavy (non-hydrogen) atoms. The van der Waals surface area contributed by atoms with Crippen molar-refractivity contribution in [1.29, 1.82) is 0 Å². The van der Waals surface area contributed by atoms with Gasteiger partial charge in [0.15, 0.2) is 0 Å². The van der Waals surface area contributed by atoms with E-state index < -0.39 is 0 Å². The van der Waals surface area contributed by atoms with Gasteiger partial charge in [-0.25, -0.2) is 0 Å². The van der Waals surface area contributed by atoms with Crippen LogP contribution in [-0.2, 0) is 6.54 Å². The number of rotatable bonds is 6. The molecule has 0 aliphatic rings.